The van der Waals surface area contributed by atoms with Crippen LogP contribution in [0.5, 0.6) is 11.6 Å². The van der Waals surface area contributed by atoms with Crippen molar-refractivity contribution in [1.29, 1.82) is 0 Å². The third kappa shape index (κ3) is 5.00. The van der Waals surface area contributed by atoms with Crippen LogP contribution < -0.4 is 19.1 Å². The molecule has 0 aliphatic carbocycles. The Labute approximate surface area is 194 Å². The number of sulfonamides is 1. The van der Waals surface area contributed by atoms with Crippen LogP contribution in [-0.4, -0.2) is 55.8 Å². The SMILES string of the molecule is CCOc1nn(CC)cc1S(=O)(=O)N1CCOc2ccc(NC(=O)OC(C)(C)C(F)(F)F)cc21. The molecule has 0 atom stereocenters. The average molecular weight is 507 g/mol. The molecule has 1 amide bonds. The molecule has 0 spiro atoms. The topological polar surface area (TPSA) is 112 Å². The lowest BCUT2D eigenvalue weighted by atomic mass is 10.1. The summed E-state index contributed by atoms with van der Waals surface area (Å²) in [5.41, 5.74) is -2.62. The Bertz CT molecular complexity index is 1160. The van der Waals surface area contributed by atoms with E-state index >= 15 is 0 Å². The number of carbonyl (C=O) groups excluding carboxylic acids is 1. The molecule has 0 saturated carbocycles. The molecule has 14 heteroatoms. The highest BCUT2D eigenvalue weighted by molar-refractivity contribution is 7.93. The van der Waals surface area contributed by atoms with Crippen molar-refractivity contribution in [2.24, 2.45) is 0 Å². The van der Waals surface area contributed by atoms with E-state index in [0.717, 1.165) is 4.31 Å². The van der Waals surface area contributed by atoms with Crippen LogP contribution in [0.3, 0.4) is 0 Å². The van der Waals surface area contributed by atoms with Gasteiger partial charge < -0.3 is 14.2 Å². The number of hydrogen-bond donors (Lipinski definition) is 1. The van der Waals surface area contributed by atoms with Crippen LogP contribution in [0.4, 0.5) is 29.3 Å². The summed E-state index contributed by atoms with van der Waals surface area (Å²) in [6, 6.07) is 4.04. The second-order valence-electron chi connectivity index (χ2n) is 7.72. The summed E-state index contributed by atoms with van der Waals surface area (Å²) >= 11 is 0. The van der Waals surface area contributed by atoms with E-state index in [-0.39, 0.29) is 47.7 Å². The number of nitrogens with one attached hydrogen (secondary N) is 1. The van der Waals surface area contributed by atoms with E-state index in [9.17, 15) is 26.4 Å². The van der Waals surface area contributed by atoms with Gasteiger partial charge in [0.15, 0.2) is 4.90 Å². The number of halogens is 3. The summed E-state index contributed by atoms with van der Waals surface area (Å²) in [7, 11) is -4.16. The van der Waals surface area contributed by atoms with Gasteiger partial charge in [0.2, 0.25) is 5.60 Å². The van der Waals surface area contributed by atoms with Crippen molar-refractivity contribution in [3.8, 4) is 11.6 Å². The van der Waals surface area contributed by atoms with Crippen LogP contribution in [0.1, 0.15) is 27.7 Å². The maximum Gasteiger partial charge on any atom is 0.427 e. The number of ether oxygens (including phenoxy) is 3. The fraction of sp³-hybridized carbons (Fsp3) is 0.500. The van der Waals surface area contributed by atoms with Crippen LogP contribution in [0, 0.1) is 0 Å². The second-order valence-corrected chi connectivity index (χ2v) is 9.55. The predicted octanol–water partition coefficient (Wildman–Crippen LogP) is 3.78. The van der Waals surface area contributed by atoms with Crippen molar-refractivity contribution in [3.63, 3.8) is 0 Å². The third-order valence-electron chi connectivity index (χ3n) is 4.93. The fourth-order valence-electron chi connectivity index (χ4n) is 3.03. The quantitative estimate of drug-likeness (QED) is 0.608. The normalized spacial score (nSPS) is 14.3. The van der Waals surface area contributed by atoms with E-state index in [1.165, 1.54) is 29.1 Å². The Morgan fingerprint density at radius 2 is 1.97 bits per heavy atom. The van der Waals surface area contributed by atoms with E-state index in [1.54, 1.807) is 13.8 Å². The number of hydrogen-bond acceptors (Lipinski definition) is 7. The number of carbonyl (C=O) groups is 1. The Morgan fingerprint density at radius 1 is 1.26 bits per heavy atom. The van der Waals surface area contributed by atoms with Crippen molar-refractivity contribution in [2.75, 3.05) is 29.4 Å². The van der Waals surface area contributed by atoms with Crippen LogP contribution in [-0.2, 0) is 21.3 Å². The highest BCUT2D eigenvalue weighted by atomic mass is 32.2. The summed E-state index contributed by atoms with van der Waals surface area (Å²) in [5, 5.41) is 6.34. The number of aryl methyl sites for hydroxylation is 1. The maximum absolute atomic E-state index is 13.5. The molecule has 2 aromatic rings. The Balaban J connectivity index is 1.92. The highest BCUT2D eigenvalue weighted by Crippen LogP contribution is 2.39. The van der Waals surface area contributed by atoms with Gasteiger partial charge in [0.05, 0.1) is 18.8 Å². The molecule has 3 rings (SSSR count). The predicted molar refractivity (Wildman–Crippen MR) is 116 cm³/mol. The van der Waals surface area contributed by atoms with Gasteiger partial charge in [0.1, 0.15) is 12.4 Å². The van der Waals surface area contributed by atoms with E-state index in [4.69, 9.17) is 9.47 Å². The zero-order valence-electron chi connectivity index (χ0n) is 19.0. The molecule has 188 valence electrons. The zero-order valence-corrected chi connectivity index (χ0v) is 19.8. The molecule has 0 unspecified atom stereocenters. The van der Waals surface area contributed by atoms with E-state index < -0.39 is 27.9 Å². The first-order valence-electron chi connectivity index (χ1n) is 10.4. The molecule has 0 bridgehead atoms. The molecular weight excluding hydrogens is 481 g/mol. The number of fused-ring (bicyclic) bond motifs is 1. The number of nitrogens with zero attached hydrogens (tertiary/aromatic N) is 3. The summed E-state index contributed by atoms with van der Waals surface area (Å²) < 4.78 is 84.0. The molecule has 1 aromatic carbocycles. The molecule has 1 aromatic heterocycles. The molecule has 1 aliphatic rings. The van der Waals surface area contributed by atoms with Crippen LogP contribution >= 0.6 is 0 Å². The molecule has 2 heterocycles. The Hall–Kier alpha value is -3.16. The first-order valence-corrected chi connectivity index (χ1v) is 11.8. The minimum absolute atomic E-state index is 0.0155. The minimum atomic E-state index is -4.78. The van der Waals surface area contributed by atoms with Crippen LogP contribution in [0.25, 0.3) is 0 Å². The fourth-order valence-corrected chi connectivity index (χ4v) is 4.56. The summed E-state index contributed by atoms with van der Waals surface area (Å²) in [6.45, 7) is 5.55. The second kappa shape index (κ2) is 9.24. The molecular formula is C20H25F3N4O6S. The van der Waals surface area contributed by atoms with Gasteiger partial charge in [0.25, 0.3) is 15.9 Å². The first kappa shape index (κ1) is 25.5. The van der Waals surface area contributed by atoms with Gasteiger partial charge in [-0.05, 0) is 45.9 Å². The molecule has 1 aliphatic heterocycles. The molecule has 34 heavy (non-hydrogen) atoms. The van der Waals surface area contributed by atoms with Gasteiger partial charge >= 0.3 is 12.3 Å². The number of amides is 1. The summed E-state index contributed by atoms with van der Waals surface area (Å²) in [5.74, 6) is 0.162. The van der Waals surface area contributed by atoms with Crippen molar-refractivity contribution in [3.05, 3.63) is 24.4 Å². The monoisotopic (exact) mass is 506 g/mol. The number of benzene rings is 1. The Morgan fingerprint density at radius 3 is 2.59 bits per heavy atom. The van der Waals surface area contributed by atoms with Gasteiger partial charge in [-0.2, -0.15) is 13.2 Å². The summed E-state index contributed by atoms with van der Waals surface area (Å²) in [6.07, 6.45) is -4.77. The largest absolute Gasteiger partial charge is 0.489 e. The van der Waals surface area contributed by atoms with Crippen molar-refractivity contribution < 1.29 is 40.6 Å². The zero-order chi connectivity index (χ0) is 25.3. The van der Waals surface area contributed by atoms with Crippen LogP contribution in [0.2, 0.25) is 0 Å². The Kier molecular flexibility index (Phi) is 6.92. The van der Waals surface area contributed by atoms with Gasteiger partial charge in [-0.15, -0.1) is 5.10 Å². The lowest BCUT2D eigenvalue weighted by molar-refractivity contribution is -0.242. The van der Waals surface area contributed by atoms with Crippen molar-refractivity contribution in [2.45, 2.75) is 50.9 Å². The smallest absolute Gasteiger partial charge is 0.427 e. The van der Waals surface area contributed by atoms with E-state index in [1.807, 2.05) is 0 Å². The number of aromatic nitrogens is 2. The number of rotatable bonds is 7. The van der Waals surface area contributed by atoms with E-state index in [0.29, 0.717) is 20.4 Å². The standard InChI is InChI=1S/C20H25F3N4O6S/c1-5-26-12-16(17(25-26)31-6-2)34(29,30)27-9-10-32-15-8-7-13(11-14(15)27)24-18(28)33-19(3,4)20(21,22)23/h7-8,11-12H,5-6,9-10H2,1-4H3,(H,24,28). The molecule has 1 N–H and O–H groups in total. The lowest BCUT2D eigenvalue weighted by Crippen LogP contribution is -2.44. The van der Waals surface area contributed by atoms with Crippen molar-refractivity contribution in [1.82, 2.24) is 9.78 Å². The molecule has 0 fully saturated rings. The highest BCUT2D eigenvalue weighted by Gasteiger charge is 2.51. The van der Waals surface area contributed by atoms with Gasteiger partial charge in [0, 0.05) is 18.4 Å². The molecule has 10 nitrogen and oxygen atoms in total. The first-order chi connectivity index (χ1) is 15.8. The average Bonchev–Trinajstić information content (AvgIpc) is 3.16. The molecule has 0 radical (unpaired) electrons. The molecule has 0 saturated heterocycles. The summed E-state index contributed by atoms with van der Waals surface area (Å²) in [4.78, 5) is 11.9. The van der Waals surface area contributed by atoms with Crippen molar-refractivity contribution >= 4 is 27.5 Å². The van der Waals surface area contributed by atoms with E-state index in [2.05, 4.69) is 15.2 Å². The number of anilines is 2. The number of alkyl halides is 3. The third-order valence-corrected chi connectivity index (χ3v) is 6.72. The minimum Gasteiger partial charge on any atom is -0.489 e. The maximum atomic E-state index is 13.5. The lowest BCUT2D eigenvalue weighted by Gasteiger charge is -2.31. The van der Waals surface area contributed by atoms with Gasteiger partial charge in [-0.3, -0.25) is 14.3 Å². The van der Waals surface area contributed by atoms with Gasteiger partial charge in [-0.25, -0.2) is 13.2 Å². The van der Waals surface area contributed by atoms with Crippen LogP contribution in [0.15, 0.2) is 29.3 Å². The van der Waals surface area contributed by atoms with Gasteiger partial charge in [-0.1, -0.05) is 0 Å².